The number of nitrogens with one attached hydrogen (secondary N) is 2. The summed E-state index contributed by atoms with van der Waals surface area (Å²) in [6.45, 7) is 4.36. The van der Waals surface area contributed by atoms with Gasteiger partial charge < -0.3 is 19.9 Å². The van der Waals surface area contributed by atoms with Crippen LogP contribution in [-0.2, 0) is 14.3 Å². The van der Waals surface area contributed by atoms with Crippen LogP contribution in [-0.4, -0.2) is 51.7 Å². The number of nitrogens with zero attached hydrogens (tertiary/aromatic N) is 1. The summed E-state index contributed by atoms with van der Waals surface area (Å²) in [5.41, 5.74) is 2.09. The van der Waals surface area contributed by atoms with Crippen LogP contribution in [0, 0.1) is 5.92 Å². The first-order valence-corrected chi connectivity index (χ1v) is 10.2. The van der Waals surface area contributed by atoms with Crippen molar-refractivity contribution >= 4 is 23.3 Å². The van der Waals surface area contributed by atoms with Crippen LogP contribution in [0.3, 0.4) is 0 Å². The van der Waals surface area contributed by atoms with Crippen molar-refractivity contribution in [2.24, 2.45) is 5.92 Å². The molecule has 2 heterocycles. The topological polar surface area (TPSA) is 63.1 Å². The maximum atomic E-state index is 12.4. The molecule has 2 aliphatic heterocycles. The van der Waals surface area contributed by atoms with E-state index in [0.717, 1.165) is 44.7 Å². The Kier molecular flexibility index (Phi) is 7.10. The van der Waals surface area contributed by atoms with Gasteiger partial charge in [0.25, 0.3) is 5.91 Å². The number of rotatable bonds is 5. The minimum absolute atomic E-state index is 0.00616. The number of likely N-dealkylation sites (tertiary alicyclic amines) is 1. The van der Waals surface area contributed by atoms with Gasteiger partial charge in [0.15, 0.2) is 6.54 Å². The lowest BCUT2D eigenvalue weighted by molar-refractivity contribution is -0.897. The van der Waals surface area contributed by atoms with E-state index in [1.165, 1.54) is 43.4 Å². The van der Waals surface area contributed by atoms with Crippen molar-refractivity contribution in [3.8, 4) is 0 Å². The highest BCUT2D eigenvalue weighted by Gasteiger charge is 2.29. The Bertz CT molecular complexity index is 616. The molecular formula is C21H32N3O3+. The molecule has 6 nitrogen and oxygen atoms in total. The van der Waals surface area contributed by atoms with Gasteiger partial charge in [-0.1, -0.05) is 12.8 Å². The summed E-state index contributed by atoms with van der Waals surface area (Å²) in [5.74, 6) is -0.0969. The Labute approximate surface area is 161 Å². The van der Waals surface area contributed by atoms with E-state index in [-0.39, 0.29) is 17.8 Å². The van der Waals surface area contributed by atoms with Crippen molar-refractivity contribution in [2.75, 3.05) is 50.1 Å². The Balaban J connectivity index is 1.45. The monoisotopic (exact) mass is 374 g/mol. The van der Waals surface area contributed by atoms with Crippen LogP contribution in [0.2, 0.25) is 0 Å². The van der Waals surface area contributed by atoms with Crippen molar-refractivity contribution in [1.29, 1.82) is 0 Å². The molecule has 6 heteroatoms. The van der Waals surface area contributed by atoms with E-state index in [1.807, 2.05) is 12.1 Å². The first-order chi connectivity index (χ1) is 13.2. The third-order valence-electron chi connectivity index (χ3n) is 5.76. The van der Waals surface area contributed by atoms with Gasteiger partial charge in [-0.2, -0.15) is 0 Å². The predicted molar refractivity (Wildman–Crippen MR) is 106 cm³/mol. The second kappa shape index (κ2) is 9.74. The molecule has 2 fully saturated rings. The molecule has 27 heavy (non-hydrogen) atoms. The third-order valence-corrected chi connectivity index (χ3v) is 5.76. The highest BCUT2D eigenvalue weighted by molar-refractivity contribution is 5.91. The number of piperidine rings is 1. The Hall–Kier alpha value is -2.08. The number of esters is 1. The van der Waals surface area contributed by atoms with Crippen LogP contribution >= 0.6 is 0 Å². The van der Waals surface area contributed by atoms with E-state index in [0.29, 0.717) is 6.54 Å². The number of quaternary nitrogens is 1. The molecule has 3 rings (SSSR count). The Morgan fingerprint density at radius 3 is 2.30 bits per heavy atom. The molecule has 0 bridgehead atoms. The molecule has 0 unspecified atom stereocenters. The fourth-order valence-electron chi connectivity index (χ4n) is 4.12. The number of carbonyl (C=O) groups excluding carboxylic acids is 2. The largest absolute Gasteiger partial charge is 0.469 e. The maximum Gasteiger partial charge on any atom is 0.309 e. The highest BCUT2D eigenvalue weighted by atomic mass is 16.5. The molecule has 2 N–H and O–H groups in total. The minimum Gasteiger partial charge on any atom is -0.469 e. The molecule has 1 amide bonds. The van der Waals surface area contributed by atoms with Gasteiger partial charge in [0.05, 0.1) is 26.1 Å². The zero-order chi connectivity index (χ0) is 19.1. The summed E-state index contributed by atoms with van der Waals surface area (Å²) in [4.78, 5) is 27.6. The smallest absolute Gasteiger partial charge is 0.309 e. The summed E-state index contributed by atoms with van der Waals surface area (Å²) in [6.07, 6.45) is 6.75. The molecule has 0 atom stereocenters. The van der Waals surface area contributed by atoms with Gasteiger partial charge in [-0.3, -0.25) is 9.59 Å². The van der Waals surface area contributed by atoms with Gasteiger partial charge in [-0.15, -0.1) is 0 Å². The van der Waals surface area contributed by atoms with Gasteiger partial charge >= 0.3 is 5.97 Å². The average molecular weight is 375 g/mol. The maximum absolute atomic E-state index is 12.4. The summed E-state index contributed by atoms with van der Waals surface area (Å²) in [6, 6.07) is 8.21. The molecule has 0 spiro atoms. The number of hydrogen-bond donors (Lipinski definition) is 2. The van der Waals surface area contributed by atoms with Gasteiger partial charge in [-0.05, 0) is 37.1 Å². The molecule has 2 aliphatic rings. The van der Waals surface area contributed by atoms with E-state index in [2.05, 4.69) is 22.3 Å². The molecule has 1 aromatic rings. The van der Waals surface area contributed by atoms with E-state index in [9.17, 15) is 9.59 Å². The van der Waals surface area contributed by atoms with Crippen LogP contribution in [0.15, 0.2) is 24.3 Å². The van der Waals surface area contributed by atoms with Gasteiger partial charge in [0.2, 0.25) is 0 Å². The van der Waals surface area contributed by atoms with Gasteiger partial charge in [0, 0.05) is 37.3 Å². The highest BCUT2D eigenvalue weighted by Crippen LogP contribution is 2.21. The van der Waals surface area contributed by atoms with Crippen LogP contribution in [0.4, 0.5) is 11.4 Å². The summed E-state index contributed by atoms with van der Waals surface area (Å²) in [5, 5.41) is 3.01. The van der Waals surface area contributed by atoms with Crippen LogP contribution in [0.1, 0.15) is 38.5 Å². The number of hydrogen-bond acceptors (Lipinski definition) is 4. The van der Waals surface area contributed by atoms with Crippen LogP contribution in [0.25, 0.3) is 0 Å². The number of anilines is 2. The first-order valence-electron chi connectivity index (χ1n) is 10.2. The minimum atomic E-state index is -0.122. The molecule has 0 radical (unpaired) electrons. The normalized spacial score (nSPS) is 23.4. The van der Waals surface area contributed by atoms with Crippen molar-refractivity contribution in [3.63, 3.8) is 0 Å². The lowest BCUT2D eigenvalue weighted by Gasteiger charge is -2.27. The Morgan fingerprint density at radius 2 is 1.70 bits per heavy atom. The fourth-order valence-corrected chi connectivity index (χ4v) is 4.12. The predicted octanol–water partition coefficient (Wildman–Crippen LogP) is 1.47. The summed E-state index contributed by atoms with van der Waals surface area (Å²) >= 11 is 0. The molecule has 1 aromatic carbocycles. The quantitative estimate of drug-likeness (QED) is 0.767. The first kappa shape index (κ1) is 19.7. The van der Waals surface area contributed by atoms with E-state index in [1.54, 1.807) is 0 Å². The van der Waals surface area contributed by atoms with Crippen molar-refractivity contribution < 1.29 is 19.2 Å². The van der Waals surface area contributed by atoms with E-state index in [4.69, 9.17) is 4.74 Å². The lowest BCUT2D eigenvalue weighted by Crippen LogP contribution is -3.14. The molecule has 2 saturated heterocycles. The molecule has 0 aromatic heterocycles. The van der Waals surface area contributed by atoms with Crippen LogP contribution in [0.5, 0.6) is 0 Å². The third kappa shape index (κ3) is 5.70. The van der Waals surface area contributed by atoms with Gasteiger partial charge in [-0.25, -0.2) is 0 Å². The number of methoxy groups -OCH3 is 1. The second-order valence-corrected chi connectivity index (χ2v) is 7.72. The van der Waals surface area contributed by atoms with Gasteiger partial charge in [0.1, 0.15) is 0 Å². The molecular weight excluding hydrogens is 342 g/mol. The number of amides is 1. The molecule has 0 saturated carbocycles. The Morgan fingerprint density at radius 1 is 1.07 bits per heavy atom. The zero-order valence-electron chi connectivity index (χ0n) is 16.3. The number of benzene rings is 1. The second-order valence-electron chi connectivity index (χ2n) is 7.72. The van der Waals surface area contributed by atoms with E-state index < -0.39 is 0 Å². The van der Waals surface area contributed by atoms with Crippen molar-refractivity contribution in [3.05, 3.63) is 24.3 Å². The number of carbonyl (C=O) groups is 2. The standard InChI is InChI=1S/C21H31N3O3/c1-27-21(26)17-10-14-23(15-11-17)16-20(25)22-18-6-8-19(9-7-18)24-12-4-2-3-5-13-24/h6-9,17H,2-5,10-16H2,1H3,(H,22,25)/p+1. The lowest BCUT2D eigenvalue weighted by atomic mass is 9.97. The van der Waals surface area contributed by atoms with Crippen molar-refractivity contribution in [2.45, 2.75) is 38.5 Å². The summed E-state index contributed by atoms with van der Waals surface area (Å²) < 4.78 is 4.81. The van der Waals surface area contributed by atoms with E-state index >= 15 is 0 Å². The summed E-state index contributed by atoms with van der Waals surface area (Å²) in [7, 11) is 1.44. The van der Waals surface area contributed by atoms with Crippen molar-refractivity contribution in [1.82, 2.24) is 0 Å². The zero-order valence-corrected chi connectivity index (χ0v) is 16.3. The number of ether oxygens (including phenoxy) is 1. The average Bonchev–Trinajstić information content (AvgIpc) is 2.98. The SMILES string of the molecule is COC(=O)C1CC[NH+](CC(=O)Nc2ccc(N3CCCCCC3)cc2)CC1. The fraction of sp³-hybridized carbons (Fsp3) is 0.619. The molecule has 0 aliphatic carbocycles. The van der Waals surface area contributed by atoms with Crippen LogP contribution < -0.4 is 15.1 Å². The molecule has 148 valence electrons.